The molecule has 0 aliphatic rings. The maximum atomic E-state index is 9.01. The van der Waals surface area contributed by atoms with Crippen LogP contribution >= 0.6 is 0 Å². The van der Waals surface area contributed by atoms with Crippen LogP contribution in [0.25, 0.3) is 0 Å². The van der Waals surface area contributed by atoms with Crippen molar-refractivity contribution in [1.82, 2.24) is 14.5 Å². The van der Waals surface area contributed by atoms with E-state index >= 15 is 0 Å². The first-order chi connectivity index (χ1) is 7.40. The van der Waals surface area contributed by atoms with Crippen molar-refractivity contribution >= 4 is 0 Å². The van der Waals surface area contributed by atoms with Crippen LogP contribution in [0.5, 0.6) is 0 Å². The van der Waals surface area contributed by atoms with E-state index in [2.05, 4.69) is 9.97 Å². The van der Waals surface area contributed by atoms with Crippen molar-refractivity contribution in [3.63, 3.8) is 0 Å². The van der Waals surface area contributed by atoms with Gasteiger partial charge in [-0.15, -0.1) is 0 Å². The quantitative estimate of drug-likeness (QED) is 0.807. The average Bonchev–Trinajstić information content (AvgIpc) is 2.75. The van der Waals surface area contributed by atoms with Crippen molar-refractivity contribution in [2.24, 2.45) is 0 Å². The summed E-state index contributed by atoms with van der Waals surface area (Å²) >= 11 is 0. The summed E-state index contributed by atoms with van der Waals surface area (Å²) in [6.07, 6.45) is 8.09. The van der Waals surface area contributed by atoms with E-state index in [0.29, 0.717) is 5.82 Å². The molecule has 0 aromatic carbocycles. The lowest BCUT2D eigenvalue weighted by Gasteiger charge is -2.05. The predicted molar refractivity (Wildman–Crippen MR) is 56.1 cm³/mol. The number of aliphatic hydroxyl groups is 1. The Kier molecular flexibility index (Phi) is 3.09. The van der Waals surface area contributed by atoms with Gasteiger partial charge in [-0.3, -0.25) is 4.98 Å². The molecule has 1 N–H and O–H groups in total. The van der Waals surface area contributed by atoms with Crippen LogP contribution in [0, 0.1) is 0 Å². The minimum atomic E-state index is -0.0106. The molecular formula is C11H13N3O. The first kappa shape index (κ1) is 9.86. The smallest absolute Gasteiger partial charge is 0.134 e. The lowest BCUT2D eigenvalue weighted by molar-refractivity contribution is 0.265. The van der Waals surface area contributed by atoms with Crippen molar-refractivity contribution in [3.05, 3.63) is 48.3 Å². The Labute approximate surface area is 88.2 Å². The van der Waals surface area contributed by atoms with E-state index in [1.165, 1.54) is 5.56 Å². The molecule has 0 atom stereocenters. The number of hydrogen-bond donors (Lipinski definition) is 1. The molecule has 4 heteroatoms. The molecule has 0 radical (unpaired) electrons. The Bertz CT molecular complexity index is 411. The van der Waals surface area contributed by atoms with Crippen molar-refractivity contribution in [2.75, 3.05) is 0 Å². The molecule has 0 fully saturated rings. The first-order valence-corrected chi connectivity index (χ1v) is 4.90. The monoisotopic (exact) mass is 203 g/mol. The summed E-state index contributed by atoms with van der Waals surface area (Å²) in [7, 11) is 0. The lowest BCUT2D eigenvalue weighted by Crippen LogP contribution is -2.05. The normalized spacial score (nSPS) is 10.5. The van der Waals surface area contributed by atoms with Crippen molar-refractivity contribution in [2.45, 2.75) is 19.6 Å². The molecule has 4 nitrogen and oxygen atoms in total. The fourth-order valence-corrected chi connectivity index (χ4v) is 1.49. The van der Waals surface area contributed by atoms with Gasteiger partial charge >= 0.3 is 0 Å². The van der Waals surface area contributed by atoms with Crippen LogP contribution in [0.1, 0.15) is 11.4 Å². The topological polar surface area (TPSA) is 50.9 Å². The third-order valence-electron chi connectivity index (χ3n) is 2.33. The third-order valence-corrected chi connectivity index (χ3v) is 2.33. The summed E-state index contributed by atoms with van der Waals surface area (Å²) in [5.74, 6) is 0.712. The van der Waals surface area contributed by atoms with E-state index < -0.39 is 0 Å². The average molecular weight is 203 g/mol. The maximum absolute atomic E-state index is 9.01. The Hall–Kier alpha value is -1.68. The van der Waals surface area contributed by atoms with Crippen molar-refractivity contribution < 1.29 is 5.11 Å². The second-order valence-electron chi connectivity index (χ2n) is 3.30. The van der Waals surface area contributed by atoms with Gasteiger partial charge in [0.15, 0.2) is 0 Å². The number of rotatable bonds is 4. The number of aryl methyl sites for hydroxylation is 2. The molecule has 0 aliphatic carbocycles. The highest BCUT2D eigenvalue weighted by Crippen LogP contribution is 2.03. The molecule has 78 valence electrons. The molecule has 2 aromatic heterocycles. The van der Waals surface area contributed by atoms with Gasteiger partial charge in [-0.05, 0) is 24.1 Å². The minimum Gasteiger partial charge on any atom is -0.388 e. The SMILES string of the molecule is OCc1nccn1CCc1ccncc1. The van der Waals surface area contributed by atoms with Gasteiger partial charge in [0.2, 0.25) is 0 Å². The fourth-order valence-electron chi connectivity index (χ4n) is 1.49. The molecule has 2 heterocycles. The summed E-state index contributed by atoms with van der Waals surface area (Å²) in [6, 6.07) is 3.99. The van der Waals surface area contributed by atoms with E-state index in [1.54, 1.807) is 18.6 Å². The number of aromatic nitrogens is 3. The van der Waals surface area contributed by atoms with E-state index in [9.17, 15) is 0 Å². The first-order valence-electron chi connectivity index (χ1n) is 4.90. The van der Waals surface area contributed by atoms with Crippen LogP contribution in [0.15, 0.2) is 36.9 Å². The van der Waals surface area contributed by atoms with Gasteiger partial charge in [-0.25, -0.2) is 4.98 Å². The van der Waals surface area contributed by atoms with Crippen LogP contribution in [-0.2, 0) is 19.6 Å². The number of hydrogen-bond acceptors (Lipinski definition) is 3. The highest BCUT2D eigenvalue weighted by molar-refractivity contribution is 5.09. The summed E-state index contributed by atoms with van der Waals surface area (Å²) in [5.41, 5.74) is 1.24. The number of pyridine rings is 1. The molecule has 0 saturated heterocycles. The summed E-state index contributed by atoms with van der Waals surface area (Å²) in [6.45, 7) is 0.823. The standard InChI is InChI=1S/C11H13N3O/c15-9-11-13-6-8-14(11)7-3-10-1-4-12-5-2-10/h1-2,4-6,8,15H,3,7,9H2. The zero-order valence-corrected chi connectivity index (χ0v) is 8.37. The Morgan fingerprint density at radius 2 is 2.00 bits per heavy atom. The molecule has 0 saturated carbocycles. The Balaban J connectivity index is 1.99. The van der Waals surface area contributed by atoms with Gasteiger partial charge in [-0.1, -0.05) is 0 Å². The van der Waals surface area contributed by atoms with Gasteiger partial charge in [0.05, 0.1) is 0 Å². The van der Waals surface area contributed by atoms with Crippen LogP contribution in [0.4, 0.5) is 0 Å². The number of aliphatic hydroxyl groups excluding tert-OH is 1. The minimum absolute atomic E-state index is 0.0106. The van der Waals surface area contributed by atoms with Gasteiger partial charge < -0.3 is 9.67 Å². The summed E-state index contributed by atoms with van der Waals surface area (Å²) in [5, 5.41) is 9.01. The predicted octanol–water partition coefficient (Wildman–Crippen LogP) is 1.01. The Morgan fingerprint density at radius 1 is 1.20 bits per heavy atom. The molecule has 0 unspecified atom stereocenters. The molecule has 2 aromatic rings. The third kappa shape index (κ3) is 2.41. The van der Waals surface area contributed by atoms with E-state index in [1.807, 2.05) is 22.9 Å². The zero-order chi connectivity index (χ0) is 10.5. The van der Waals surface area contributed by atoms with E-state index in [0.717, 1.165) is 13.0 Å². The molecule has 0 aliphatic heterocycles. The van der Waals surface area contributed by atoms with Gasteiger partial charge in [0, 0.05) is 31.3 Å². The zero-order valence-electron chi connectivity index (χ0n) is 8.37. The molecule has 2 rings (SSSR count). The molecule has 15 heavy (non-hydrogen) atoms. The van der Waals surface area contributed by atoms with Crippen molar-refractivity contribution in [1.29, 1.82) is 0 Å². The highest BCUT2D eigenvalue weighted by atomic mass is 16.3. The summed E-state index contributed by atoms with van der Waals surface area (Å²) < 4.78 is 1.96. The highest BCUT2D eigenvalue weighted by Gasteiger charge is 2.00. The number of nitrogens with zero attached hydrogens (tertiary/aromatic N) is 3. The lowest BCUT2D eigenvalue weighted by atomic mass is 10.2. The van der Waals surface area contributed by atoms with Crippen molar-refractivity contribution in [3.8, 4) is 0 Å². The van der Waals surface area contributed by atoms with Gasteiger partial charge in [0.25, 0.3) is 0 Å². The summed E-state index contributed by atoms with van der Waals surface area (Å²) in [4.78, 5) is 8.01. The van der Waals surface area contributed by atoms with E-state index in [-0.39, 0.29) is 6.61 Å². The second kappa shape index (κ2) is 4.70. The molecule has 0 bridgehead atoms. The van der Waals surface area contributed by atoms with Crippen LogP contribution in [0.3, 0.4) is 0 Å². The van der Waals surface area contributed by atoms with Crippen LogP contribution < -0.4 is 0 Å². The number of imidazole rings is 1. The fraction of sp³-hybridized carbons (Fsp3) is 0.273. The molecule has 0 amide bonds. The van der Waals surface area contributed by atoms with Gasteiger partial charge in [0.1, 0.15) is 12.4 Å². The second-order valence-corrected chi connectivity index (χ2v) is 3.30. The van der Waals surface area contributed by atoms with Crippen LogP contribution in [-0.4, -0.2) is 19.6 Å². The molecule has 0 spiro atoms. The van der Waals surface area contributed by atoms with Gasteiger partial charge in [-0.2, -0.15) is 0 Å². The Morgan fingerprint density at radius 3 is 2.73 bits per heavy atom. The molecular weight excluding hydrogens is 190 g/mol. The maximum Gasteiger partial charge on any atom is 0.134 e. The van der Waals surface area contributed by atoms with Crippen LogP contribution in [0.2, 0.25) is 0 Å². The van der Waals surface area contributed by atoms with E-state index in [4.69, 9.17) is 5.11 Å². The largest absolute Gasteiger partial charge is 0.388 e.